The van der Waals surface area contributed by atoms with E-state index in [9.17, 15) is 9.59 Å². The molecule has 1 aliphatic heterocycles. The highest BCUT2D eigenvalue weighted by Crippen LogP contribution is 2.35. The van der Waals surface area contributed by atoms with Gasteiger partial charge in [0.2, 0.25) is 5.91 Å². The van der Waals surface area contributed by atoms with Crippen LogP contribution < -0.4 is 20.1 Å². The van der Waals surface area contributed by atoms with Gasteiger partial charge in [-0.05, 0) is 44.5 Å². The van der Waals surface area contributed by atoms with Crippen LogP contribution in [0.25, 0.3) is 0 Å². The molecule has 0 bridgehead atoms. The molecule has 1 aliphatic rings. The molecule has 2 aromatic rings. The molecule has 29 heavy (non-hydrogen) atoms. The molecule has 0 saturated carbocycles. The quantitative estimate of drug-likeness (QED) is 0.719. The van der Waals surface area contributed by atoms with Crippen molar-refractivity contribution < 1.29 is 19.1 Å². The summed E-state index contributed by atoms with van der Waals surface area (Å²) < 4.78 is 11.6. The van der Waals surface area contributed by atoms with E-state index in [1.54, 1.807) is 6.07 Å². The molecule has 1 heterocycles. The summed E-state index contributed by atoms with van der Waals surface area (Å²) in [6.45, 7) is 7.05. The van der Waals surface area contributed by atoms with Gasteiger partial charge in [0.25, 0.3) is 5.91 Å². The average Bonchev–Trinajstić information content (AvgIpc) is 3.05. The summed E-state index contributed by atoms with van der Waals surface area (Å²) in [7, 11) is 0. The van der Waals surface area contributed by atoms with Crippen LogP contribution in [-0.2, 0) is 17.8 Å². The Kier molecular flexibility index (Phi) is 6.75. The van der Waals surface area contributed by atoms with E-state index in [4.69, 9.17) is 9.47 Å². The number of fused-ring (bicyclic) bond motifs is 1. The van der Waals surface area contributed by atoms with Crippen LogP contribution in [0.15, 0.2) is 36.4 Å². The van der Waals surface area contributed by atoms with Crippen molar-refractivity contribution in [2.24, 2.45) is 0 Å². The Hall–Kier alpha value is -3.02. The fourth-order valence-corrected chi connectivity index (χ4v) is 3.40. The highest BCUT2D eigenvalue weighted by atomic mass is 16.5. The van der Waals surface area contributed by atoms with Crippen molar-refractivity contribution in [2.45, 2.75) is 46.3 Å². The van der Waals surface area contributed by atoms with Gasteiger partial charge >= 0.3 is 0 Å². The van der Waals surface area contributed by atoms with Gasteiger partial charge in [-0.3, -0.25) is 9.59 Å². The minimum atomic E-state index is -0.167. The Labute approximate surface area is 171 Å². The second-order valence-corrected chi connectivity index (χ2v) is 7.23. The zero-order valence-electron chi connectivity index (χ0n) is 17.2. The van der Waals surface area contributed by atoms with Crippen LogP contribution in [0, 0.1) is 6.92 Å². The smallest absolute Gasteiger partial charge is 0.251 e. The molecule has 1 atom stereocenters. The molecule has 154 valence electrons. The largest absolute Gasteiger partial charge is 0.494 e. The van der Waals surface area contributed by atoms with Crippen LogP contribution in [0.5, 0.6) is 11.5 Å². The summed E-state index contributed by atoms with van der Waals surface area (Å²) in [6, 6.07) is 11.3. The summed E-state index contributed by atoms with van der Waals surface area (Å²) in [5.74, 6) is 1.33. The number of nitrogens with one attached hydrogen (secondary N) is 2. The zero-order valence-corrected chi connectivity index (χ0v) is 17.2. The molecule has 2 N–H and O–H groups in total. The van der Waals surface area contributed by atoms with Gasteiger partial charge in [0.05, 0.1) is 6.61 Å². The number of hydrogen-bond donors (Lipinski definition) is 2. The van der Waals surface area contributed by atoms with E-state index in [1.807, 2.05) is 51.1 Å². The third kappa shape index (κ3) is 5.28. The molecule has 0 spiro atoms. The van der Waals surface area contributed by atoms with Crippen molar-refractivity contribution in [3.63, 3.8) is 0 Å². The molecule has 0 aliphatic carbocycles. The molecular formula is C23H28N2O4. The van der Waals surface area contributed by atoms with E-state index in [-0.39, 0.29) is 30.9 Å². The number of aryl methyl sites for hydroxylation is 1. The summed E-state index contributed by atoms with van der Waals surface area (Å²) in [5.41, 5.74) is 3.56. The lowest BCUT2D eigenvalue weighted by Crippen LogP contribution is -2.30. The number of ether oxygens (including phenoxy) is 2. The van der Waals surface area contributed by atoms with Gasteiger partial charge in [-0.2, -0.15) is 0 Å². The monoisotopic (exact) mass is 396 g/mol. The van der Waals surface area contributed by atoms with Gasteiger partial charge in [-0.1, -0.05) is 18.2 Å². The first-order chi connectivity index (χ1) is 14.0. The van der Waals surface area contributed by atoms with Gasteiger partial charge in [0.1, 0.15) is 17.6 Å². The maximum absolute atomic E-state index is 12.2. The normalized spacial score (nSPS) is 14.7. The number of benzene rings is 2. The lowest BCUT2D eigenvalue weighted by molar-refractivity contribution is -0.121. The van der Waals surface area contributed by atoms with E-state index in [0.29, 0.717) is 18.7 Å². The van der Waals surface area contributed by atoms with Gasteiger partial charge < -0.3 is 20.1 Å². The van der Waals surface area contributed by atoms with Crippen LogP contribution in [0.2, 0.25) is 0 Å². The summed E-state index contributed by atoms with van der Waals surface area (Å²) in [5, 5.41) is 5.69. The standard InChI is InChI=1S/C23H28N2O4/c1-4-28-20-12-17-11-16(3)29-21(17)13-18(20)14-25-22(26)9-10-24-23(27)19-8-6-5-7-15(19)2/h5-8,12-13,16H,4,9-11,14H2,1-3H3,(H,24,27)(H,25,26)/t16-/m0/s1. The second-order valence-electron chi connectivity index (χ2n) is 7.23. The zero-order chi connectivity index (χ0) is 20.8. The Balaban J connectivity index is 1.51. The van der Waals surface area contributed by atoms with Crippen molar-refractivity contribution in [3.05, 3.63) is 58.7 Å². The molecule has 2 aromatic carbocycles. The van der Waals surface area contributed by atoms with E-state index < -0.39 is 0 Å². The molecule has 6 heteroatoms. The van der Waals surface area contributed by atoms with Crippen LogP contribution in [0.3, 0.4) is 0 Å². The van der Waals surface area contributed by atoms with Crippen LogP contribution in [0.1, 0.15) is 47.3 Å². The topological polar surface area (TPSA) is 76.7 Å². The fourth-order valence-electron chi connectivity index (χ4n) is 3.40. The number of amides is 2. The molecular weight excluding hydrogens is 368 g/mol. The molecule has 0 radical (unpaired) electrons. The first kappa shape index (κ1) is 20.7. The summed E-state index contributed by atoms with van der Waals surface area (Å²) >= 11 is 0. The Morgan fingerprint density at radius 3 is 2.76 bits per heavy atom. The Morgan fingerprint density at radius 1 is 1.21 bits per heavy atom. The number of rotatable bonds is 8. The summed E-state index contributed by atoms with van der Waals surface area (Å²) in [4.78, 5) is 24.4. The van der Waals surface area contributed by atoms with E-state index in [0.717, 1.165) is 34.6 Å². The highest BCUT2D eigenvalue weighted by molar-refractivity contribution is 5.95. The molecule has 3 rings (SSSR count). The van der Waals surface area contributed by atoms with Crippen LogP contribution in [0.4, 0.5) is 0 Å². The van der Waals surface area contributed by atoms with Crippen LogP contribution >= 0.6 is 0 Å². The van der Waals surface area contributed by atoms with Crippen molar-refractivity contribution in [3.8, 4) is 11.5 Å². The molecule has 0 fully saturated rings. The molecule has 0 aromatic heterocycles. The highest BCUT2D eigenvalue weighted by Gasteiger charge is 2.22. The first-order valence-corrected chi connectivity index (χ1v) is 10.0. The average molecular weight is 396 g/mol. The lowest BCUT2D eigenvalue weighted by atomic mass is 10.1. The second kappa shape index (κ2) is 9.45. The SMILES string of the molecule is CCOc1cc2c(cc1CNC(=O)CCNC(=O)c1ccccc1C)O[C@@H](C)C2. The molecule has 2 amide bonds. The van der Waals surface area contributed by atoms with Gasteiger partial charge in [0.15, 0.2) is 0 Å². The Morgan fingerprint density at radius 2 is 2.00 bits per heavy atom. The predicted octanol–water partition coefficient (Wildman–Crippen LogP) is 3.15. The number of hydrogen-bond acceptors (Lipinski definition) is 4. The van der Waals surface area contributed by atoms with Crippen molar-refractivity contribution in [1.29, 1.82) is 0 Å². The Bertz CT molecular complexity index is 894. The van der Waals surface area contributed by atoms with E-state index in [1.165, 1.54) is 0 Å². The minimum absolute atomic E-state index is 0.132. The van der Waals surface area contributed by atoms with Crippen LogP contribution in [-0.4, -0.2) is 31.1 Å². The van der Waals surface area contributed by atoms with E-state index >= 15 is 0 Å². The van der Waals surface area contributed by atoms with Crippen molar-refractivity contribution >= 4 is 11.8 Å². The summed E-state index contributed by atoms with van der Waals surface area (Å²) in [6.07, 6.45) is 1.23. The molecule has 6 nitrogen and oxygen atoms in total. The number of carbonyl (C=O) groups excluding carboxylic acids is 2. The predicted molar refractivity (Wildman–Crippen MR) is 111 cm³/mol. The van der Waals surface area contributed by atoms with E-state index in [2.05, 4.69) is 10.6 Å². The maximum Gasteiger partial charge on any atom is 0.251 e. The first-order valence-electron chi connectivity index (χ1n) is 10.0. The lowest BCUT2D eigenvalue weighted by Gasteiger charge is -2.13. The molecule has 0 unspecified atom stereocenters. The molecule has 0 saturated heterocycles. The van der Waals surface area contributed by atoms with Gasteiger partial charge in [0, 0.05) is 42.6 Å². The number of carbonyl (C=O) groups is 2. The minimum Gasteiger partial charge on any atom is -0.494 e. The fraction of sp³-hybridized carbons (Fsp3) is 0.391. The third-order valence-electron chi connectivity index (χ3n) is 4.88. The van der Waals surface area contributed by atoms with Crippen molar-refractivity contribution in [1.82, 2.24) is 10.6 Å². The van der Waals surface area contributed by atoms with Gasteiger partial charge in [-0.15, -0.1) is 0 Å². The maximum atomic E-state index is 12.2. The third-order valence-corrected chi connectivity index (χ3v) is 4.88. The van der Waals surface area contributed by atoms with Crippen molar-refractivity contribution in [2.75, 3.05) is 13.2 Å². The van der Waals surface area contributed by atoms with Gasteiger partial charge in [-0.25, -0.2) is 0 Å².